The van der Waals surface area contributed by atoms with Crippen LogP contribution in [-0.4, -0.2) is 32.7 Å². The summed E-state index contributed by atoms with van der Waals surface area (Å²) in [5.41, 5.74) is 1.30. The first kappa shape index (κ1) is 19.8. The molecule has 0 saturated heterocycles. The molecule has 158 valence electrons. The summed E-state index contributed by atoms with van der Waals surface area (Å²) in [5.74, 6) is -1.44. The number of aromatic nitrogens is 1. The molecule has 5 rings (SSSR count). The lowest BCUT2D eigenvalue weighted by atomic mass is 9.90. The van der Waals surface area contributed by atoms with Gasteiger partial charge >= 0.3 is 0 Å². The maximum absolute atomic E-state index is 13.5. The number of aliphatic hydroxyl groups is 1. The number of halogens is 1. The Labute approximate surface area is 184 Å². The van der Waals surface area contributed by atoms with Crippen LogP contribution in [0.25, 0.3) is 11.0 Å². The van der Waals surface area contributed by atoms with Gasteiger partial charge in [0.2, 0.25) is 5.78 Å². The summed E-state index contributed by atoms with van der Waals surface area (Å²) in [5, 5.41) is 12.0. The second kappa shape index (κ2) is 7.85. The number of pyridine rings is 1. The first-order valence-electron chi connectivity index (χ1n) is 10.4. The van der Waals surface area contributed by atoms with Crippen LogP contribution in [0.1, 0.15) is 54.3 Å². The lowest BCUT2D eigenvalue weighted by Crippen LogP contribution is -2.41. The Kier molecular flexibility index (Phi) is 5.02. The van der Waals surface area contributed by atoms with Crippen molar-refractivity contribution in [2.24, 2.45) is 0 Å². The van der Waals surface area contributed by atoms with Crippen LogP contribution < -0.4 is 0 Å². The summed E-state index contributed by atoms with van der Waals surface area (Å²) in [6.07, 6.45) is 8.12. The van der Waals surface area contributed by atoms with E-state index in [2.05, 4.69) is 4.98 Å². The number of carbonyl (C=O) groups excluding carboxylic acids is 2. The third-order valence-corrected chi connectivity index (χ3v) is 6.42. The van der Waals surface area contributed by atoms with Crippen molar-refractivity contribution >= 4 is 34.3 Å². The summed E-state index contributed by atoms with van der Waals surface area (Å²) in [4.78, 5) is 32.4. The normalized spacial score (nSPS) is 20.1. The minimum absolute atomic E-state index is 0.0265. The number of aliphatic hydroxyl groups excluding tert-OH is 1. The third kappa shape index (κ3) is 3.41. The smallest absolute Gasteiger partial charge is 0.290 e. The molecule has 1 amide bonds. The summed E-state index contributed by atoms with van der Waals surface area (Å²) < 4.78 is 5.75. The Hall–Kier alpha value is -3.12. The van der Waals surface area contributed by atoms with Gasteiger partial charge in [0, 0.05) is 28.8 Å². The van der Waals surface area contributed by atoms with Crippen LogP contribution >= 0.6 is 11.6 Å². The van der Waals surface area contributed by atoms with Crippen molar-refractivity contribution in [2.75, 3.05) is 0 Å². The molecule has 1 aliphatic carbocycles. The molecule has 1 fully saturated rings. The maximum Gasteiger partial charge on any atom is 0.290 e. The number of hydrogen-bond acceptors (Lipinski definition) is 5. The minimum atomic E-state index is -0.678. The van der Waals surface area contributed by atoms with Crippen LogP contribution in [0.2, 0.25) is 5.02 Å². The number of hydrogen-bond donors (Lipinski definition) is 1. The Balaban J connectivity index is 1.60. The van der Waals surface area contributed by atoms with Crippen LogP contribution in [-0.2, 0) is 4.79 Å². The van der Waals surface area contributed by atoms with Gasteiger partial charge in [0.1, 0.15) is 5.58 Å². The van der Waals surface area contributed by atoms with E-state index in [1.807, 2.05) is 0 Å². The van der Waals surface area contributed by atoms with E-state index in [-0.39, 0.29) is 17.4 Å². The molecule has 1 atom stereocenters. The standard InChI is InChI=1S/C24H21ClN2O4/c25-16-6-7-18-15(12-16)13-19(31-18)22(28)20-21(14-8-10-26-11-9-14)27(24(30)23(20)29)17-4-2-1-3-5-17/h6-13,17,21,29H,1-5H2. The quantitative estimate of drug-likeness (QED) is 0.554. The zero-order valence-electron chi connectivity index (χ0n) is 16.8. The van der Waals surface area contributed by atoms with E-state index >= 15 is 0 Å². The first-order valence-corrected chi connectivity index (χ1v) is 10.8. The number of amides is 1. The second-order valence-electron chi connectivity index (χ2n) is 8.07. The van der Waals surface area contributed by atoms with Gasteiger partial charge in [0.15, 0.2) is 11.5 Å². The van der Waals surface area contributed by atoms with E-state index in [1.165, 1.54) is 0 Å². The van der Waals surface area contributed by atoms with E-state index in [9.17, 15) is 14.7 Å². The monoisotopic (exact) mass is 436 g/mol. The Bertz CT molecular complexity index is 1190. The number of rotatable bonds is 4. The zero-order chi connectivity index (χ0) is 21.5. The molecule has 3 heterocycles. The number of carbonyl (C=O) groups is 2. The maximum atomic E-state index is 13.5. The van der Waals surface area contributed by atoms with Gasteiger partial charge in [-0.15, -0.1) is 0 Å². The van der Waals surface area contributed by atoms with E-state index in [0.29, 0.717) is 16.0 Å². The van der Waals surface area contributed by atoms with Gasteiger partial charge in [-0.3, -0.25) is 14.6 Å². The van der Waals surface area contributed by atoms with Gasteiger partial charge in [-0.1, -0.05) is 30.9 Å². The molecular formula is C24H21ClN2O4. The molecule has 1 aromatic carbocycles. The molecule has 3 aromatic rings. The van der Waals surface area contributed by atoms with Gasteiger partial charge in [-0.05, 0) is 54.8 Å². The van der Waals surface area contributed by atoms with Crippen LogP contribution in [0.15, 0.2) is 64.5 Å². The van der Waals surface area contributed by atoms with Crippen molar-refractivity contribution in [3.63, 3.8) is 0 Å². The van der Waals surface area contributed by atoms with Crippen LogP contribution in [0.4, 0.5) is 0 Å². The van der Waals surface area contributed by atoms with E-state index in [1.54, 1.807) is 53.7 Å². The van der Waals surface area contributed by atoms with Crippen LogP contribution in [0.3, 0.4) is 0 Å². The lowest BCUT2D eigenvalue weighted by molar-refractivity contribution is -0.132. The van der Waals surface area contributed by atoms with Gasteiger partial charge in [0.05, 0.1) is 11.6 Å². The van der Waals surface area contributed by atoms with E-state index in [4.69, 9.17) is 16.0 Å². The second-order valence-corrected chi connectivity index (χ2v) is 8.51. The minimum Gasteiger partial charge on any atom is -0.503 e. The average molecular weight is 437 g/mol. The molecule has 1 unspecified atom stereocenters. The van der Waals surface area contributed by atoms with Gasteiger partial charge in [0.25, 0.3) is 5.91 Å². The number of fused-ring (bicyclic) bond motifs is 1. The fraction of sp³-hybridized carbons (Fsp3) is 0.292. The van der Waals surface area contributed by atoms with Gasteiger partial charge < -0.3 is 14.4 Å². The summed E-state index contributed by atoms with van der Waals surface area (Å²) >= 11 is 6.05. The third-order valence-electron chi connectivity index (χ3n) is 6.18. The highest BCUT2D eigenvalue weighted by atomic mass is 35.5. The molecule has 31 heavy (non-hydrogen) atoms. The highest BCUT2D eigenvalue weighted by Gasteiger charge is 2.47. The lowest BCUT2D eigenvalue weighted by Gasteiger charge is -2.36. The summed E-state index contributed by atoms with van der Waals surface area (Å²) in [6, 6.07) is 9.53. The number of Topliss-reactive ketones (excluding diaryl/α,β-unsaturated/α-hetero) is 1. The van der Waals surface area contributed by atoms with Crippen LogP contribution in [0.5, 0.6) is 0 Å². The van der Waals surface area contributed by atoms with Gasteiger partial charge in [-0.2, -0.15) is 0 Å². The predicted molar refractivity (Wildman–Crippen MR) is 116 cm³/mol. The summed E-state index contributed by atoms with van der Waals surface area (Å²) in [6.45, 7) is 0. The van der Waals surface area contributed by atoms with Crippen LogP contribution in [0, 0.1) is 0 Å². The highest BCUT2D eigenvalue weighted by Crippen LogP contribution is 2.43. The molecule has 1 N–H and O–H groups in total. The highest BCUT2D eigenvalue weighted by molar-refractivity contribution is 6.31. The van der Waals surface area contributed by atoms with Crippen molar-refractivity contribution in [2.45, 2.75) is 44.2 Å². The molecule has 0 spiro atoms. The SMILES string of the molecule is O=C(C1=C(O)C(=O)N(C2CCCCC2)C1c1ccncc1)c1cc2cc(Cl)ccc2o1. The van der Waals surface area contributed by atoms with Crippen molar-refractivity contribution in [1.82, 2.24) is 9.88 Å². The number of benzene rings is 1. The number of furan rings is 1. The molecule has 1 aliphatic heterocycles. The number of nitrogens with zero attached hydrogens (tertiary/aromatic N) is 2. The average Bonchev–Trinajstić information content (AvgIpc) is 3.33. The molecule has 7 heteroatoms. The van der Waals surface area contributed by atoms with Crippen molar-refractivity contribution in [1.29, 1.82) is 0 Å². The number of ketones is 1. The Morgan fingerprint density at radius 2 is 1.84 bits per heavy atom. The Morgan fingerprint density at radius 1 is 1.10 bits per heavy atom. The molecule has 6 nitrogen and oxygen atoms in total. The molecular weight excluding hydrogens is 416 g/mol. The first-order chi connectivity index (χ1) is 15.0. The fourth-order valence-corrected chi connectivity index (χ4v) is 4.90. The predicted octanol–water partition coefficient (Wildman–Crippen LogP) is 5.39. The molecule has 1 saturated carbocycles. The van der Waals surface area contributed by atoms with Gasteiger partial charge in [-0.25, -0.2) is 0 Å². The van der Waals surface area contributed by atoms with Crippen molar-refractivity contribution < 1.29 is 19.1 Å². The zero-order valence-corrected chi connectivity index (χ0v) is 17.5. The van der Waals surface area contributed by atoms with E-state index < -0.39 is 23.5 Å². The molecule has 0 radical (unpaired) electrons. The Morgan fingerprint density at radius 3 is 2.58 bits per heavy atom. The fourth-order valence-electron chi connectivity index (χ4n) is 4.72. The topological polar surface area (TPSA) is 83.6 Å². The molecule has 2 aliphatic rings. The summed E-state index contributed by atoms with van der Waals surface area (Å²) in [7, 11) is 0. The van der Waals surface area contributed by atoms with Crippen molar-refractivity contribution in [3.05, 3.63) is 76.5 Å². The molecule has 0 bridgehead atoms. The largest absolute Gasteiger partial charge is 0.503 e. The van der Waals surface area contributed by atoms with E-state index in [0.717, 1.165) is 37.7 Å². The molecule has 2 aromatic heterocycles. The van der Waals surface area contributed by atoms with Crippen molar-refractivity contribution in [3.8, 4) is 0 Å².